The first kappa shape index (κ1) is 15.5. The summed E-state index contributed by atoms with van der Waals surface area (Å²) < 4.78 is 6.63. The molecule has 3 rings (SSSR count). The van der Waals surface area contributed by atoms with Crippen molar-refractivity contribution in [1.29, 1.82) is 0 Å². The van der Waals surface area contributed by atoms with Crippen molar-refractivity contribution in [3.63, 3.8) is 0 Å². The van der Waals surface area contributed by atoms with Crippen LogP contribution in [0.4, 0.5) is 0 Å². The number of pyridine rings is 2. The molecule has 0 radical (unpaired) electrons. The van der Waals surface area contributed by atoms with Crippen LogP contribution in [0, 0.1) is 11.1 Å². The van der Waals surface area contributed by atoms with Crippen LogP contribution >= 0.6 is 0 Å². The van der Waals surface area contributed by atoms with Crippen molar-refractivity contribution in [3.05, 3.63) is 48.1 Å². The van der Waals surface area contributed by atoms with Gasteiger partial charge in [-0.05, 0) is 36.6 Å². The van der Waals surface area contributed by atoms with Crippen LogP contribution in [0.25, 0.3) is 21.7 Å². The number of fused-ring (bicyclic) bond motifs is 3. The van der Waals surface area contributed by atoms with Gasteiger partial charge in [-0.3, -0.25) is 4.98 Å². The highest BCUT2D eigenvalue weighted by Gasteiger charge is 2.11. The Kier molecular flexibility index (Phi) is 4.30. The Morgan fingerprint density at radius 2 is 2.09 bits per heavy atom. The fourth-order valence-electron chi connectivity index (χ4n) is 2.84. The molecule has 5 nitrogen and oxygen atoms in total. The first-order chi connectivity index (χ1) is 11.0. The van der Waals surface area contributed by atoms with Crippen LogP contribution in [-0.2, 0) is 0 Å². The molecule has 2 heterocycles. The topological polar surface area (TPSA) is 75.1 Å². The lowest BCUT2D eigenvalue weighted by atomic mass is 10.1. The highest BCUT2D eigenvalue weighted by Crippen LogP contribution is 2.25. The summed E-state index contributed by atoms with van der Waals surface area (Å²) in [6.07, 6.45) is 5.75. The monoisotopic (exact) mass is 311 g/mol. The SMILES string of the molecule is CC(C)CC(N)COc1ccc2c(c1)c[n+]([O-])c1cnccc21. The van der Waals surface area contributed by atoms with Gasteiger partial charge in [-0.2, -0.15) is 4.73 Å². The van der Waals surface area contributed by atoms with Crippen LogP contribution in [0.3, 0.4) is 0 Å². The second-order valence-corrected chi connectivity index (χ2v) is 6.30. The maximum Gasteiger partial charge on any atom is 0.242 e. The Morgan fingerprint density at radius 1 is 1.26 bits per heavy atom. The van der Waals surface area contributed by atoms with Gasteiger partial charge in [0.15, 0.2) is 6.20 Å². The highest BCUT2D eigenvalue weighted by molar-refractivity contribution is 6.03. The van der Waals surface area contributed by atoms with E-state index < -0.39 is 0 Å². The third-order valence-electron chi connectivity index (χ3n) is 3.85. The molecule has 0 spiro atoms. The Balaban J connectivity index is 1.89. The summed E-state index contributed by atoms with van der Waals surface area (Å²) in [5.74, 6) is 1.27. The summed E-state index contributed by atoms with van der Waals surface area (Å²) in [6, 6.07) is 7.63. The first-order valence-corrected chi connectivity index (χ1v) is 7.82. The lowest BCUT2D eigenvalue weighted by molar-refractivity contribution is -0.575. The summed E-state index contributed by atoms with van der Waals surface area (Å²) in [6.45, 7) is 4.75. The number of ether oxygens (including phenoxy) is 1. The lowest BCUT2D eigenvalue weighted by Crippen LogP contribution is -2.29. The van der Waals surface area contributed by atoms with Crippen LogP contribution in [0.2, 0.25) is 0 Å². The Bertz CT molecular complexity index is 833. The third kappa shape index (κ3) is 3.35. The van der Waals surface area contributed by atoms with Crippen LogP contribution in [-0.4, -0.2) is 17.6 Å². The Morgan fingerprint density at radius 3 is 2.87 bits per heavy atom. The fraction of sp³-hybridized carbons (Fsp3) is 0.333. The molecule has 3 aromatic rings. The van der Waals surface area contributed by atoms with E-state index >= 15 is 0 Å². The van der Waals surface area contributed by atoms with Gasteiger partial charge < -0.3 is 15.7 Å². The molecule has 0 saturated carbocycles. The number of benzene rings is 1. The van der Waals surface area contributed by atoms with E-state index in [0.29, 0.717) is 18.0 Å². The number of nitrogens with two attached hydrogens (primary N) is 1. The van der Waals surface area contributed by atoms with Gasteiger partial charge in [-0.25, -0.2) is 0 Å². The number of hydrogen-bond acceptors (Lipinski definition) is 4. The molecule has 120 valence electrons. The van der Waals surface area contributed by atoms with E-state index in [1.54, 1.807) is 18.6 Å². The Labute approximate surface area is 135 Å². The number of hydrogen-bond donors (Lipinski definition) is 1. The van der Waals surface area contributed by atoms with E-state index in [1.807, 2.05) is 24.3 Å². The lowest BCUT2D eigenvalue weighted by Gasteiger charge is -2.15. The minimum absolute atomic E-state index is 0.0119. The smallest absolute Gasteiger partial charge is 0.242 e. The summed E-state index contributed by atoms with van der Waals surface area (Å²) in [4.78, 5) is 4.01. The van der Waals surface area contributed by atoms with Crippen molar-refractivity contribution in [3.8, 4) is 5.75 Å². The van der Waals surface area contributed by atoms with E-state index in [1.165, 1.54) is 0 Å². The molecule has 0 aliphatic heterocycles. The number of nitrogens with zero attached hydrogens (tertiary/aromatic N) is 2. The maximum absolute atomic E-state index is 12.1. The van der Waals surface area contributed by atoms with Gasteiger partial charge in [0.2, 0.25) is 5.52 Å². The van der Waals surface area contributed by atoms with Gasteiger partial charge in [0.05, 0.1) is 10.8 Å². The van der Waals surface area contributed by atoms with Crippen molar-refractivity contribution in [2.45, 2.75) is 26.3 Å². The van der Waals surface area contributed by atoms with Gasteiger partial charge >= 0.3 is 0 Å². The fourth-order valence-corrected chi connectivity index (χ4v) is 2.84. The summed E-state index contributed by atoms with van der Waals surface area (Å²) in [5, 5.41) is 14.8. The minimum atomic E-state index is 0.0119. The van der Waals surface area contributed by atoms with Gasteiger partial charge in [0, 0.05) is 17.6 Å². The standard InChI is InChI=1S/C18H21N3O2/c1-12(2)7-14(19)11-23-15-3-4-16-13(8-15)10-21(22)18-9-20-6-5-17(16)18/h3-6,8-10,12,14H,7,11,19H2,1-2H3. The molecule has 0 amide bonds. The molecule has 2 aromatic heterocycles. The van der Waals surface area contributed by atoms with Crippen LogP contribution < -0.4 is 15.2 Å². The minimum Gasteiger partial charge on any atom is -0.618 e. The Hall–Kier alpha value is -2.40. The average molecular weight is 311 g/mol. The molecule has 2 N–H and O–H groups in total. The maximum atomic E-state index is 12.1. The van der Waals surface area contributed by atoms with Crippen molar-refractivity contribution in [2.24, 2.45) is 11.7 Å². The van der Waals surface area contributed by atoms with E-state index in [0.717, 1.165) is 33.1 Å². The number of aromatic nitrogens is 2. The van der Waals surface area contributed by atoms with E-state index in [4.69, 9.17) is 10.5 Å². The molecule has 0 aliphatic carbocycles. The van der Waals surface area contributed by atoms with E-state index in [9.17, 15) is 5.21 Å². The average Bonchev–Trinajstić information content (AvgIpc) is 2.52. The molecular formula is C18H21N3O2. The van der Waals surface area contributed by atoms with Crippen LogP contribution in [0.1, 0.15) is 20.3 Å². The highest BCUT2D eigenvalue weighted by atomic mass is 16.5. The summed E-state index contributed by atoms with van der Waals surface area (Å²) in [5.41, 5.74) is 6.61. The predicted molar refractivity (Wildman–Crippen MR) is 91.1 cm³/mol. The zero-order chi connectivity index (χ0) is 16.4. The zero-order valence-electron chi connectivity index (χ0n) is 13.4. The van der Waals surface area contributed by atoms with E-state index in [-0.39, 0.29) is 6.04 Å². The van der Waals surface area contributed by atoms with Gasteiger partial charge in [-0.1, -0.05) is 13.8 Å². The van der Waals surface area contributed by atoms with Gasteiger partial charge in [0.1, 0.15) is 18.6 Å². The normalized spacial score (nSPS) is 12.9. The quantitative estimate of drug-likeness (QED) is 0.446. The molecule has 5 heteroatoms. The van der Waals surface area contributed by atoms with Crippen LogP contribution in [0.5, 0.6) is 5.75 Å². The molecular weight excluding hydrogens is 290 g/mol. The molecule has 1 aromatic carbocycles. The van der Waals surface area contributed by atoms with Crippen molar-refractivity contribution < 1.29 is 9.47 Å². The van der Waals surface area contributed by atoms with Crippen molar-refractivity contribution in [1.82, 2.24) is 4.98 Å². The van der Waals surface area contributed by atoms with Crippen LogP contribution in [0.15, 0.2) is 42.9 Å². The molecule has 23 heavy (non-hydrogen) atoms. The molecule has 0 fully saturated rings. The van der Waals surface area contributed by atoms with Crippen molar-refractivity contribution in [2.75, 3.05) is 6.61 Å². The first-order valence-electron chi connectivity index (χ1n) is 7.82. The van der Waals surface area contributed by atoms with Crippen molar-refractivity contribution >= 4 is 21.7 Å². The van der Waals surface area contributed by atoms with Gasteiger partial charge in [0.25, 0.3) is 0 Å². The zero-order valence-corrected chi connectivity index (χ0v) is 13.4. The second kappa shape index (κ2) is 6.38. The molecule has 1 unspecified atom stereocenters. The molecule has 1 atom stereocenters. The second-order valence-electron chi connectivity index (χ2n) is 6.30. The van der Waals surface area contributed by atoms with Gasteiger partial charge in [-0.15, -0.1) is 0 Å². The molecule has 0 bridgehead atoms. The third-order valence-corrected chi connectivity index (χ3v) is 3.85. The van der Waals surface area contributed by atoms with E-state index in [2.05, 4.69) is 18.8 Å². The summed E-state index contributed by atoms with van der Waals surface area (Å²) in [7, 11) is 0. The predicted octanol–water partition coefficient (Wildman–Crippen LogP) is 2.77. The molecule has 0 aliphatic rings. The number of rotatable bonds is 5. The largest absolute Gasteiger partial charge is 0.618 e. The molecule has 0 saturated heterocycles. The summed E-state index contributed by atoms with van der Waals surface area (Å²) >= 11 is 0.